The number of esters is 1. The van der Waals surface area contributed by atoms with Crippen LogP contribution in [0.1, 0.15) is 30.9 Å². The van der Waals surface area contributed by atoms with Gasteiger partial charge in [-0.15, -0.1) is 24.0 Å². The lowest BCUT2D eigenvalue weighted by Crippen LogP contribution is -2.45. The minimum Gasteiger partial charge on any atom is -0.465 e. The molecule has 0 spiro atoms. The molecule has 19 heavy (non-hydrogen) atoms. The van der Waals surface area contributed by atoms with Crippen LogP contribution in [0.25, 0.3) is 0 Å². The lowest BCUT2D eigenvalue weighted by molar-refractivity contribution is -0.152. The smallest absolute Gasteiger partial charge is 0.316 e. The van der Waals surface area contributed by atoms with Gasteiger partial charge in [0.15, 0.2) is 0 Å². The van der Waals surface area contributed by atoms with Crippen LogP contribution in [0.3, 0.4) is 0 Å². The van der Waals surface area contributed by atoms with Crippen LogP contribution in [0.2, 0.25) is 0 Å². The lowest BCUT2D eigenvalue weighted by atomic mass is 9.73. The molecular weight excluding hydrogens is 353 g/mol. The molecule has 1 saturated heterocycles. The van der Waals surface area contributed by atoms with Gasteiger partial charge in [-0.25, -0.2) is 0 Å². The van der Waals surface area contributed by atoms with Crippen LogP contribution >= 0.6 is 24.0 Å². The SMILES string of the molecule is CCOC(=O)C12CCN(CC1)Cc1ccccc12.I. The first-order chi connectivity index (χ1) is 8.76. The van der Waals surface area contributed by atoms with Gasteiger partial charge in [0, 0.05) is 6.54 Å². The van der Waals surface area contributed by atoms with E-state index in [1.807, 2.05) is 13.0 Å². The van der Waals surface area contributed by atoms with Crippen LogP contribution in [0, 0.1) is 0 Å². The van der Waals surface area contributed by atoms with Gasteiger partial charge in [0.05, 0.1) is 12.0 Å². The number of carbonyl (C=O) groups excluding carboxylic acids is 1. The maximum absolute atomic E-state index is 12.5. The third kappa shape index (κ3) is 2.40. The van der Waals surface area contributed by atoms with E-state index in [4.69, 9.17) is 4.74 Å². The van der Waals surface area contributed by atoms with Crippen molar-refractivity contribution in [2.45, 2.75) is 31.7 Å². The lowest BCUT2D eigenvalue weighted by Gasteiger charge is -2.36. The number of hydrogen-bond donors (Lipinski definition) is 0. The number of hydrogen-bond acceptors (Lipinski definition) is 3. The number of rotatable bonds is 2. The van der Waals surface area contributed by atoms with E-state index in [9.17, 15) is 4.79 Å². The molecule has 0 radical (unpaired) electrons. The Morgan fingerprint density at radius 1 is 1.32 bits per heavy atom. The van der Waals surface area contributed by atoms with E-state index in [1.54, 1.807) is 0 Å². The highest BCUT2D eigenvalue weighted by molar-refractivity contribution is 14.0. The van der Waals surface area contributed by atoms with Gasteiger partial charge >= 0.3 is 5.97 Å². The molecule has 1 aromatic carbocycles. The Labute approximate surface area is 131 Å². The molecule has 4 rings (SSSR count). The van der Waals surface area contributed by atoms with Crippen molar-refractivity contribution in [3.05, 3.63) is 35.4 Å². The Kier molecular flexibility index (Phi) is 4.50. The predicted molar refractivity (Wildman–Crippen MR) is 84.7 cm³/mol. The zero-order valence-corrected chi connectivity index (χ0v) is 13.6. The third-order valence-corrected chi connectivity index (χ3v) is 4.30. The molecular formula is C15H20INO2. The van der Waals surface area contributed by atoms with Crippen LogP contribution < -0.4 is 0 Å². The van der Waals surface area contributed by atoms with E-state index in [0.29, 0.717) is 6.61 Å². The van der Waals surface area contributed by atoms with Gasteiger partial charge in [0.1, 0.15) is 0 Å². The number of piperidine rings is 1. The topological polar surface area (TPSA) is 29.5 Å². The first-order valence-electron chi connectivity index (χ1n) is 6.74. The quantitative estimate of drug-likeness (QED) is 0.590. The highest BCUT2D eigenvalue weighted by Gasteiger charge is 2.47. The molecule has 1 aromatic rings. The number of ether oxygens (including phenoxy) is 1. The number of carbonyl (C=O) groups is 1. The molecule has 3 heterocycles. The fourth-order valence-electron chi connectivity index (χ4n) is 3.31. The van der Waals surface area contributed by atoms with Crippen molar-refractivity contribution >= 4 is 29.9 Å². The first-order valence-corrected chi connectivity index (χ1v) is 6.74. The fraction of sp³-hybridized carbons (Fsp3) is 0.533. The average Bonchev–Trinajstić information content (AvgIpc) is 2.66. The van der Waals surface area contributed by atoms with Crippen LogP contribution in [0.4, 0.5) is 0 Å². The first kappa shape index (κ1) is 14.8. The van der Waals surface area contributed by atoms with Gasteiger partial charge in [-0.05, 0) is 44.0 Å². The van der Waals surface area contributed by atoms with E-state index in [1.165, 1.54) is 11.1 Å². The monoisotopic (exact) mass is 373 g/mol. The Morgan fingerprint density at radius 3 is 2.68 bits per heavy atom. The molecule has 0 atom stereocenters. The molecule has 0 saturated carbocycles. The maximum atomic E-state index is 12.5. The van der Waals surface area contributed by atoms with Crippen molar-refractivity contribution in [3.63, 3.8) is 0 Å². The maximum Gasteiger partial charge on any atom is 0.316 e. The van der Waals surface area contributed by atoms with Gasteiger partial charge in [-0.2, -0.15) is 0 Å². The minimum absolute atomic E-state index is 0. The van der Waals surface area contributed by atoms with Crippen LogP contribution in [-0.2, 0) is 21.5 Å². The minimum atomic E-state index is -0.389. The van der Waals surface area contributed by atoms with E-state index in [0.717, 1.165) is 32.5 Å². The van der Waals surface area contributed by atoms with Crippen molar-refractivity contribution in [2.24, 2.45) is 0 Å². The number of benzene rings is 1. The number of nitrogens with zero attached hydrogens (tertiary/aromatic N) is 1. The Morgan fingerprint density at radius 2 is 2.00 bits per heavy atom. The molecule has 0 unspecified atom stereocenters. The summed E-state index contributed by atoms with van der Waals surface area (Å²) in [5.74, 6) is -0.0287. The standard InChI is InChI=1S/C15H19NO2.HI/c1-2-18-14(17)15-7-9-16(10-8-15)11-12-5-3-4-6-13(12)15;/h3-6H,2,7-11H2,1H3;1H. The summed E-state index contributed by atoms with van der Waals surface area (Å²) < 4.78 is 5.36. The number of halogens is 1. The van der Waals surface area contributed by atoms with E-state index < -0.39 is 0 Å². The van der Waals surface area contributed by atoms with Crippen molar-refractivity contribution < 1.29 is 9.53 Å². The van der Waals surface area contributed by atoms with Crippen molar-refractivity contribution in [1.29, 1.82) is 0 Å². The molecule has 2 bridgehead atoms. The molecule has 1 fully saturated rings. The van der Waals surface area contributed by atoms with E-state index >= 15 is 0 Å². The second-order valence-electron chi connectivity index (χ2n) is 5.24. The van der Waals surface area contributed by atoms with Gasteiger partial charge in [-0.3, -0.25) is 9.69 Å². The van der Waals surface area contributed by atoms with Crippen molar-refractivity contribution in [3.8, 4) is 0 Å². The Bertz CT molecular complexity index is 467. The van der Waals surface area contributed by atoms with E-state index in [2.05, 4.69) is 23.1 Å². The molecule has 104 valence electrons. The van der Waals surface area contributed by atoms with E-state index in [-0.39, 0.29) is 35.4 Å². The Hall–Kier alpha value is -0.620. The molecule has 3 aliphatic heterocycles. The van der Waals surface area contributed by atoms with Crippen molar-refractivity contribution in [2.75, 3.05) is 19.7 Å². The molecule has 0 aliphatic carbocycles. The second-order valence-corrected chi connectivity index (χ2v) is 5.24. The third-order valence-electron chi connectivity index (χ3n) is 4.30. The molecule has 0 amide bonds. The molecule has 3 aliphatic rings. The second kappa shape index (κ2) is 5.79. The fourth-order valence-corrected chi connectivity index (χ4v) is 3.31. The average molecular weight is 373 g/mol. The zero-order valence-electron chi connectivity index (χ0n) is 11.2. The van der Waals surface area contributed by atoms with Crippen LogP contribution in [0.15, 0.2) is 24.3 Å². The van der Waals surface area contributed by atoms with Gasteiger partial charge < -0.3 is 4.74 Å². The molecule has 0 N–H and O–H groups in total. The normalized spacial score (nSPS) is 27.9. The molecule has 3 nitrogen and oxygen atoms in total. The summed E-state index contributed by atoms with van der Waals surface area (Å²) in [6, 6.07) is 8.35. The molecule has 0 aromatic heterocycles. The summed E-state index contributed by atoms with van der Waals surface area (Å²) >= 11 is 0. The van der Waals surface area contributed by atoms with Crippen LogP contribution in [0.5, 0.6) is 0 Å². The highest BCUT2D eigenvalue weighted by atomic mass is 127. The number of fused-ring (bicyclic) bond motifs is 2. The largest absolute Gasteiger partial charge is 0.465 e. The molecule has 4 heteroatoms. The highest BCUT2D eigenvalue weighted by Crippen LogP contribution is 2.42. The summed E-state index contributed by atoms with van der Waals surface area (Å²) in [4.78, 5) is 14.9. The van der Waals surface area contributed by atoms with Gasteiger partial charge in [0.25, 0.3) is 0 Å². The summed E-state index contributed by atoms with van der Waals surface area (Å²) in [6.07, 6.45) is 1.78. The van der Waals surface area contributed by atoms with Crippen molar-refractivity contribution in [1.82, 2.24) is 4.90 Å². The summed E-state index contributed by atoms with van der Waals surface area (Å²) in [7, 11) is 0. The van der Waals surface area contributed by atoms with Crippen LogP contribution in [-0.4, -0.2) is 30.6 Å². The Balaban J connectivity index is 0.00000133. The summed E-state index contributed by atoms with van der Waals surface area (Å²) in [6.45, 7) is 5.30. The van der Waals surface area contributed by atoms with Gasteiger partial charge in [0.2, 0.25) is 0 Å². The summed E-state index contributed by atoms with van der Waals surface area (Å²) in [5.41, 5.74) is 2.10. The predicted octanol–water partition coefficient (Wildman–Crippen LogP) is 2.71. The zero-order chi connectivity index (χ0) is 12.6. The van der Waals surface area contributed by atoms with Gasteiger partial charge in [-0.1, -0.05) is 24.3 Å². The summed E-state index contributed by atoms with van der Waals surface area (Å²) in [5, 5.41) is 0.